The summed E-state index contributed by atoms with van der Waals surface area (Å²) in [6, 6.07) is 5.45. The molecule has 4 rings (SSSR count). The summed E-state index contributed by atoms with van der Waals surface area (Å²) in [7, 11) is 0. The highest BCUT2D eigenvalue weighted by atomic mass is 16.6. The van der Waals surface area contributed by atoms with Crippen LogP contribution in [0.1, 0.15) is 37.3 Å². The van der Waals surface area contributed by atoms with E-state index >= 15 is 0 Å². The van der Waals surface area contributed by atoms with Gasteiger partial charge in [-0.2, -0.15) is 0 Å². The van der Waals surface area contributed by atoms with E-state index in [1.165, 1.54) is 0 Å². The molecule has 1 atom stereocenters. The number of benzene rings is 1. The van der Waals surface area contributed by atoms with Crippen molar-refractivity contribution in [1.82, 2.24) is 15.5 Å². The standard InChI is InChI=1S/C19H25N3O4/c23-17(22-7-1-2-8-22)12-20-19(24)21-18(13-3-4-13)14-5-6-15-16(11-14)26-10-9-25-15/h5-6,11,13,18H,1-4,7-10,12H2,(H2,20,21,24)/t18-/m0/s1. The number of amides is 3. The van der Waals surface area contributed by atoms with Gasteiger partial charge < -0.3 is 25.0 Å². The van der Waals surface area contributed by atoms with Gasteiger partial charge in [-0.25, -0.2) is 4.79 Å². The second-order valence-electron chi connectivity index (χ2n) is 7.13. The fourth-order valence-corrected chi connectivity index (χ4v) is 3.58. The van der Waals surface area contributed by atoms with E-state index in [0.717, 1.165) is 55.8 Å². The van der Waals surface area contributed by atoms with Gasteiger partial charge in [-0.15, -0.1) is 0 Å². The summed E-state index contributed by atoms with van der Waals surface area (Å²) in [5.74, 6) is 1.89. The third-order valence-electron chi connectivity index (χ3n) is 5.16. The van der Waals surface area contributed by atoms with E-state index in [4.69, 9.17) is 9.47 Å². The first-order valence-electron chi connectivity index (χ1n) is 9.42. The monoisotopic (exact) mass is 359 g/mol. The highest BCUT2D eigenvalue weighted by molar-refractivity contribution is 5.84. The summed E-state index contributed by atoms with van der Waals surface area (Å²) >= 11 is 0. The largest absolute Gasteiger partial charge is 0.486 e. The normalized spacial score (nSPS) is 19.8. The van der Waals surface area contributed by atoms with Crippen LogP contribution in [0.2, 0.25) is 0 Å². The molecule has 0 spiro atoms. The van der Waals surface area contributed by atoms with Crippen LogP contribution in [-0.2, 0) is 4.79 Å². The maximum Gasteiger partial charge on any atom is 0.315 e. The molecule has 7 nitrogen and oxygen atoms in total. The number of nitrogens with one attached hydrogen (secondary N) is 2. The van der Waals surface area contributed by atoms with Gasteiger partial charge in [0.2, 0.25) is 5.91 Å². The predicted octanol–water partition coefficient (Wildman–Crippen LogP) is 1.83. The first-order valence-corrected chi connectivity index (χ1v) is 9.42. The third kappa shape index (κ3) is 3.86. The second-order valence-corrected chi connectivity index (χ2v) is 7.13. The SMILES string of the molecule is O=C(NCC(=O)N1CCCC1)N[C@H](c1ccc2c(c1)OCCO2)C1CC1. The van der Waals surface area contributed by atoms with Crippen molar-refractivity contribution in [3.05, 3.63) is 23.8 Å². The molecule has 2 N–H and O–H groups in total. The zero-order chi connectivity index (χ0) is 17.9. The Hall–Kier alpha value is -2.44. The average molecular weight is 359 g/mol. The Balaban J connectivity index is 1.36. The van der Waals surface area contributed by atoms with E-state index in [1.807, 2.05) is 18.2 Å². The highest BCUT2D eigenvalue weighted by Gasteiger charge is 2.34. The number of carbonyl (C=O) groups excluding carboxylic acids is 2. The molecule has 2 fully saturated rings. The molecule has 1 saturated heterocycles. The summed E-state index contributed by atoms with van der Waals surface area (Å²) in [4.78, 5) is 26.2. The first-order chi connectivity index (χ1) is 12.7. The quantitative estimate of drug-likeness (QED) is 0.841. The molecule has 1 saturated carbocycles. The highest BCUT2D eigenvalue weighted by Crippen LogP contribution is 2.43. The minimum absolute atomic E-state index is 0.0139. The van der Waals surface area contributed by atoms with Gasteiger partial charge in [0.15, 0.2) is 11.5 Å². The zero-order valence-electron chi connectivity index (χ0n) is 14.8. The third-order valence-corrected chi connectivity index (χ3v) is 5.16. The minimum Gasteiger partial charge on any atom is -0.486 e. The fourth-order valence-electron chi connectivity index (χ4n) is 3.58. The lowest BCUT2D eigenvalue weighted by atomic mass is 10.0. The van der Waals surface area contributed by atoms with E-state index < -0.39 is 0 Å². The van der Waals surface area contributed by atoms with E-state index in [2.05, 4.69) is 10.6 Å². The molecule has 3 amide bonds. The van der Waals surface area contributed by atoms with Crippen LogP contribution < -0.4 is 20.1 Å². The van der Waals surface area contributed by atoms with Crippen LogP contribution in [0.15, 0.2) is 18.2 Å². The molecular weight excluding hydrogens is 334 g/mol. The smallest absolute Gasteiger partial charge is 0.315 e. The summed E-state index contributed by atoms with van der Waals surface area (Å²) in [5, 5.41) is 5.74. The Morgan fingerprint density at radius 1 is 1.12 bits per heavy atom. The predicted molar refractivity (Wildman–Crippen MR) is 95.2 cm³/mol. The molecule has 0 aromatic heterocycles. The van der Waals surface area contributed by atoms with Crippen molar-refractivity contribution in [3.63, 3.8) is 0 Å². The van der Waals surface area contributed by atoms with Crippen LogP contribution in [0.25, 0.3) is 0 Å². The van der Waals surface area contributed by atoms with E-state index in [9.17, 15) is 9.59 Å². The maximum absolute atomic E-state index is 12.3. The molecule has 1 aromatic carbocycles. The lowest BCUT2D eigenvalue weighted by molar-refractivity contribution is -0.129. The van der Waals surface area contributed by atoms with E-state index in [1.54, 1.807) is 4.90 Å². The summed E-state index contributed by atoms with van der Waals surface area (Å²) in [6.45, 7) is 2.74. The van der Waals surface area contributed by atoms with Gasteiger partial charge in [0, 0.05) is 13.1 Å². The molecule has 0 bridgehead atoms. The van der Waals surface area contributed by atoms with Gasteiger partial charge in [0.05, 0.1) is 12.6 Å². The Morgan fingerprint density at radius 3 is 2.58 bits per heavy atom. The van der Waals surface area contributed by atoms with Crippen LogP contribution in [0.4, 0.5) is 4.79 Å². The number of hydrogen-bond acceptors (Lipinski definition) is 4. The van der Waals surface area contributed by atoms with Crippen LogP contribution >= 0.6 is 0 Å². The van der Waals surface area contributed by atoms with Crippen molar-refractivity contribution in [3.8, 4) is 11.5 Å². The van der Waals surface area contributed by atoms with Gasteiger partial charge in [-0.3, -0.25) is 4.79 Å². The summed E-state index contributed by atoms with van der Waals surface area (Å²) in [6.07, 6.45) is 4.27. The number of fused-ring (bicyclic) bond motifs is 1. The number of urea groups is 1. The summed E-state index contributed by atoms with van der Waals surface area (Å²) in [5.41, 5.74) is 1.01. The lowest BCUT2D eigenvalue weighted by Gasteiger charge is -2.23. The maximum atomic E-state index is 12.3. The van der Waals surface area contributed by atoms with Gasteiger partial charge in [-0.05, 0) is 49.3 Å². The Morgan fingerprint density at radius 2 is 1.85 bits per heavy atom. The van der Waals surface area contributed by atoms with Crippen LogP contribution in [0.3, 0.4) is 0 Å². The molecule has 1 aromatic rings. The Bertz CT molecular complexity index is 683. The summed E-state index contributed by atoms with van der Waals surface area (Å²) < 4.78 is 11.2. The molecule has 2 aliphatic heterocycles. The van der Waals surface area contributed by atoms with Gasteiger partial charge in [-0.1, -0.05) is 6.07 Å². The van der Waals surface area contributed by atoms with Crippen LogP contribution in [0, 0.1) is 5.92 Å². The number of carbonyl (C=O) groups is 2. The fraction of sp³-hybridized carbons (Fsp3) is 0.579. The molecule has 7 heteroatoms. The van der Waals surface area contributed by atoms with Crippen molar-refractivity contribution in [1.29, 1.82) is 0 Å². The lowest BCUT2D eigenvalue weighted by Crippen LogP contribution is -2.44. The average Bonchev–Trinajstić information content (AvgIpc) is 3.36. The van der Waals surface area contributed by atoms with Crippen molar-refractivity contribution in [2.75, 3.05) is 32.8 Å². The molecule has 1 aliphatic carbocycles. The van der Waals surface area contributed by atoms with Gasteiger partial charge in [0.25, 0.3) is 0 Å². The Kier molecular flexibility index (Phi) is 4.86. The van der Waals surface area contributed by atoms with Crippen molar-refractivity contribution in [2.45, 2.75) is 31.7 Å². The van der Waals surface area contributed by atoms with Crippen LogP contribution in [0.5, 0.6) is 11.5 Å². The van der Waals surface area contributed by atoms with Crippen LogP contribution in [-0.4, -0.2) is 49.7 Å². The van der Waals surface area contributed by atoms with Crippen molar-refractivity contribution in [2.24, 2.45) is 5.92 Å². The number of ether oxygens (including phenoxy) is 2. The number of rotatable bonds is 5. The molecule has 0 unspecified atom stereocenters. The number of hydrogen-bond donors (Lipinski definition) is 2. The number of nitrogens with zero attached hydrogens (tertiary/aromatic N) is 1. The topological polar surface area (TPSA) is 79.9 Å². The second kappa shape index (κ2) is 7.43. The molecule has 0 radical (unpaired) electrons. The molecule has 140 valence electrons. The zero-order valence-corrected chi connectivity index (χ0v) is 14.8. The Labute approximate surface area is 153 Å². The van der Waals surface area contributed by atoms with E-state index in [-0.39, 0.29) is 24.5 Å². The van der Waals surface area contributed by atoms with Crippen molar-refractivity contribution < 1.29 is 19.1 Å². The van der Waals surface area contributed by atoms with E-state index in [0.29, 0.717) is 19.1 Å². The molecular formula is C19H25N3O4. The minimum atomic E-state index is -0.302. The molecule has 3 aliphatic rings. The van der Waals surface area contributed by atoms with Gasteiger partial charge in [0.1, 0.15) is 13.2 Å². The van der Waals surface area contributed by atoms with Crippen molar-refractivity contribution >= 4 is 11.9 Å². The first kappa shape index (κ1) is 17.0. The molecule has 26 heavy (non-hydrogen) atoms. The molecule has 2 heterocycles. The number of likely N-dealkylation sites (tertiary alicyclic amines) is 1. The van der Waals surface area contributed by atoms with Gasteiger partial charge >= 0.3 is 6.03 Å².